The molecule has 1 atom stereocenters. The molecule has 4 rings (SSSR count). The van der Waals surface area contributed by atoms with Crippen LogP contribution < -0.4 is 10.2 Å². The molecule has 2 saturated heterocycles. The second-order valence-corrected chi connectivity index (χ2v) is 10.9. The van der Waals surface area contributed by atoms with Crippen LogP contribution in [0.1, 0.15) is 38.7 Å². The highest BCUT2D eigenvalue weighted by atomic mass is 32.2. The number of aryl methyl sites for hydroxylation is 1. The number of carbonyl (C=O) groups is 2. The Morgan fingerprint density at radius 3 is 2.39 bits per heavy atom. The van der Waals surface area contributed by atoms with Crippen molar-refractivity contribution < 1.29 is 18.0 Å². The number of nitrogens with zero attached hydrogens (tertiary/aromatic N) is 2. The van der Waals surface area contributed by atoms with Gasteiger partial charge in [-0.25, -0.2) is 8.42 Å². The zero-order valence-corrected chi connectivity index (χ0v) is 20.0. The van der Waals surface area contributed by atoms with Gasteiger partial charge in [0.2, 0.25) is 21.8 Å². The third-order valence-electron chi connectivity index (χ3n) is 6.66. The molecular weight excluding hydrogens is 438 g/mol. The molecule has 2 aromatic rings. The van der Waals surface area contributed by atoms with E-state index in [0.29, 0.717) is 31.2 Å². The zero-order valence-electron chi connectivity index (χ0n) is 19.2. The second-order valence-electron chi connectivity index (χ2n) is 8.99. The fourth-order valence-corrected chi connectivity index (χ4v) is 5.99. The number of para-hydroxylation sites is 1. The first-order valence-electron chi connectivity index (χ1n) is 11.6. The number of piperidine rings is 1. The van der Waals surface area contributed by atoms with Crippen molar-refractivity contribution >= 4 is 33.2 Å². The van der Waals surface area contributed by atoms with E-state index in [4.69, 9.17) is 0 Å². The van der Waals surface area contributed by atoms with Crippen LogP contribution in [0, 0.1) is 11.8 Å². The lowest BCUT2D eigenvalue weighted by atomic mass is 10.0. The summed E-state index contributed by atoms with van der Waals surface area (Å²) in [7, 11) is -3.53. The Hall–Kier alpha value is -2.71. The lowest BCUT2D eigenvalue weighted by Gasteiger charge is -2.29. The van der Waals surface area contributed by atoms with Gasteiger partial charge in [0.15, 0.2) is 0 Å². The van der Waals surface area contributed by atoms with Crippen LogP contribution in [0.5, 0.6) is 0 Å². The van der Waals surface area contributed by atoms with Crippen LogP contribution in [0.25, 0.3) is 0 Å². The van der Waals surface area contributed by atoms with Crippen LogP contribution >= 0.6 is 0 Å². The first kappa shape index (κ1) is 23.4. The van der Waals surface area contributed by atoms with Gasteiger partial charge in [0.25, 0.3) is 0 Å². The molecule has 2 fully saturated rings. The molecule has 1 unspecified atom stereocenters. The average Bonchev–Trinajstić information content (AvgIpc) is 3.21. The number of sulfonamides is 1. The van der Waals surface area contributed by atoms with Gasteiger partial charge < -0.3 is 10.2 Å². The van der Waals surface area contributed by atoms with Crippen LogP contribution in [0.3, 0.4) is 0 Å². The van der Waals surface area contributed by atoms with Gasteiger partial charge in [-0.15, -0.1) is 0 Å². The molecule has 2 aromatic carbocycles. The maximum absolute atomic E-state index is 12.9. The predicted molar refractivity (Wildman–Crippen MR) is 129 cm³/mol. The summed E-state index contributed by atoms with van der Waals surface area (Å²) in [5.41, 5.74) is 2.46. The van der Waals surface area contributed by atoms with Crippen molar-refractivity contribution in [3.63, 3.8) is 0 Å². The first-order chi connectivity index (χ1) is 15.8. The molecule has 0 aromatic heterocycles. The van der Waals surface area contributed by atoms with Gasteiger partial charge in [0.05, 0.1) is 10.8 Å². The van der Waals surface area contributed by atoms with Crippen LogP contribution in [0.15, 0.2) is 53.4 Å². The van der Waals surface area contributed by atoms with Crippen LogP contribution in [0.2, 0.25) is 0 Å². The number of nitrogens with one attached hydrogen (secondary N) is 1. The maximum Gasteiger partial charge on any atom is 0.243 e. The number of benzene rings is 2. The standard InChI is InChI=1S/C25H31N3O4S/c1-3-19-6-4-5-7-23(19)28-17-20(16-24(28)29)25(30)26-21-8-10-22(11-9-21)33(31,32)27-14-12-18(2)13-15-27/h4-11,18,20H,3,12-17H2,1-2H3,(H,26,30). The van der Waals surface area contributed by atoms with Crippen molar-refractivity contribution in [2.75, 3.05) is 29.9 Å². The fourth-order valence-electron chi connectivity index (χ4n) is 4.52. The van der Waals surface area contributed by atoms with Crippen molar-refractivity contribution in [3.05, 3.63) is 54.1 Å². The summed E-state index contributed by atoms with van der Waals surface area (Å²) >= 11 is 0. The summed E-state index contributed by atoms with van der Waals surface area (Å²) < 4.78 is 27.3. The average molecular weight is 470 g/mol. The summed E-state index contributed by atoms with van der Waals surface area (Å²) in [4.78, 5) is 27.4. The molecule has 0 spiro atoms. The van der Waals surface area contributed by atoms with Crippen molar-refractivity contribution in [2.24, 2.45) is 11.8 Å². The topological polar surface area (TPSA) is 86.8 Å². The van der Waals surface area contributed by atoms with Gasteiger partial charge in [-0.05, 0) is 61.1 Å². The van der Waals surface area contributed by atoms with Crippen LogP contribution in [0.4, 0.5) is 11.4 Å². The monoisotopic (exact) mass is 469 g/mol. The summed E-state index contributed by atoms with van der Waals surface area (Å²) in [6.45, 7) is 5.59. The number of hydrogen-bond donors (Lipinski definition) is 1. The smallest absolute Gasteiger partial charge is 0.243 e. The molecule has 2 aliphatic heterocycles. The second kappa shape index (κ2) is 9.65. The Bertz CT molecular complexity index is 1120. The minimum atomic E-state index is -3.53. The van der Waals surface area contributed by atoms with Gasteiger partial charge in [0, 0.05) is 37.4 Å². The lowest BCUT2D eigenvalue weighted by Crippen LogP contribution is -2.37. The van der Waals surface area contributed by atoms with E-state index in [1.54, 1.807) is 17.0 Å². The molecular formula is C25H31N3O4S. The summed E-state index contributed by atoms with van der Waals surface area (Å²) in [5.74, 6) is -0.210. The van der Waals surface area contributed by atoms with Gasteiger partial charge >= 0.3 is 0 Å². The molecule has 2 heterocycles. The quantitative estimate of drug-likeness (QED) is 0.700. The summed E-state index contributed by atoms with van der Waals surface area (Å²) in [5, 5.41) is 2.84. The Kier molecular flexibility index (Phi) is 6.86. The molecule has 0 aliphatic carbocycles. The zero-order chi connectivity index (χ0) is 23.6. The molecule has 2 amide bonds. The molecule has 0 bridgehead atoms. The molecule has 0 saturated carbocycles. The highest BCUT2D eigenvalue weighted by molar-refractivity contribution is 7.89. The van der Waals surface area contributed by atoms with E-state index in [1.807, 2.05) is 31.2 Å². The largest absolute Gasteiger partial charge is 0.326 e. The first-order valence-corrected chi connectivity index (χ1v) is 13.0. The van der Waals surface area contributed by atoms with E-state index in [1.165, 1.54) is 16.4 Å². The molecule has 33 heavy (non-hydrogen) atoms. The fraction of sp³-hybridized carbons (Fsp3) is 0.440. The van der Waals surface area contributed by atoms with E-state index in [0.717, 1.165) is 30.5 Å². The van der Waals surface area contributed by atoms with E-state index in [-0.39, 0.29) is 23.1 Å². The Morgan fingerprint density at radius 2 is 1.73 bits per heavy atom. The number of rotatable bonds is 6. The highest BCUT2D eigenvalue weighted by Gasteiger charge is 2.36. The van der Waals surface area contributed by atoms with Crippen LogP contribution in [-0.2, 0) is 26.0 Å². The highest BCUT2D eigenvalue weighted by Crippen LogP contribution is 2.29. The van der Waals surface area contributed by atoms with E-state index < -0.39 is 15.9 Å². The van der Waals surface area contributed by atoms with Crippen molar-refractivity contribution in [2.45, 2.75) is 44.4 Å². The Labute approximate surface area is 195 Å². The molecule has 1 N–H and O–H groups in total. The van der Waals surface area contributed by atoms with Gasteiger partial charge in [-0.2, -0.15) is 4.31 Å². The molecule has 7 nitrogen and oxygen atoms in total. The summed E-state index contributed by atoms with van der Waals surface area (Å²) in [6, 6.07) is 14.0. The molecule has 176 valence electrons. The number of carbonyl (C=O) groups excluding carboxylic acids is 2. The van der Waals surface area contributed by atoms with E-state index in [9.17, 15) is 18.0 Å². The number of hydrogen-bond acceptors (Lipinski definition) is 4. The Morgan fingerprint density at radius 1 is 1.06 bits per heavy atom. The van der Waals surface area contributed by atoms with Crippen molar-refractivity contribution in [1.29, 1.82) is 0 Å². The van der Waals surface area contributed by atoms with Crippen molar-refractivity contribution in [1.82, 2.24) is 4.31 Å². The normalized spacial score (nSPS) is 20.2. The van der Waals surface area contributed by atoms with Gasteiger partial charge in [-0.3, -0.25) is 9.59 Å². The predicted octanol–water partition coefficient (Wildman–Crippen LogP) is 3.66. The minimum Gasteiger partial charge on any atom is -0.326 e. The number of anilines is 2. The molecule has 0 radical (unpaired) electrons. The minimum absolute atomic E-state index is 0.0617. The van der Waals surface area contributed by atoms with Crippen LogP contribution in [-0.4, -0.2) is 44.2 Å². The lowest BCUT2D eigenvalue weighted by molar-refractivity contribution is -0.122. The number of amides is 2. The summed E-state index contributed by atoms with van der Waals surface area (Å²) in [6.07, 6.45) is 2.70. The van der Waals surface area contributed by atoms with E-state index in [2.05, 4.69) is 12.2 Å². The SMILES string of the molecule is CCc1ccccc1N1CC(C(=O)Nc2ccc(S(=O)(=O)N3CCC(C)CC3)cc2)CC1=O. The Balaban J connectivity index is 1.40. The van der Waals surface area contributed by atoms with Gasteiger partial charge in [0.1, 0.15) is 0 Å². The third-order valence-corrected chi connectivity index (χ3v) is 8.57. The van der Waals surface area contributed by atoms with Crippen molar-refractivity contribution in [3.8, 4) is 0 Å². The third kappa shape index (κ3) is 4.96. The van der Waals surface area contributed by atoms with Gasteiger partial charge in [-0.1, -0.05) is 32.0 Å². The maximum atomic E-state index is 12.9. The van der Waals surface area contributed by atoms with E-state index >= 15 is 0 Å². The molecule has 8 heteroatoms. The molecule has 2 aliphatic rings.